The SMILES string of the molecule is CCOC(c1cnc[nH]1)c1cnc[nH]1. The summed E-state index contributed by atoms with van der Waals surface area (Å²) in [4.78, 5) is 14.0. The number of nitrogens with one attached hydrogen (secondary N) is 2. The molecule has 0 aliphatic heterocycles. The fourth-order valence-corrected chi connectivity index (χ4v) is 1.33. The van der Waals surface area contributed by atoms with Crippen molar-refractivity contribution >= 4 is 0 Å². The number of aromatic nitrogens is 4. The van der Waals surface area contributed by atoms with Crippen LogP contribution >= 0.6 is 0 Å². The minimum Gasteiger partial charge on any atom is -0.366 e. The van der Waals surface area contributed by atoms with Gasteiger partial charge in [0, 0.05) is 6.61 Å². The lowest BCUT2D eigenvalue weighted by Gasteiger charge is -2.12. The number of hydrogen-bond acceptors (Lipinski definition) is 3. The van der Waals surface area contributed by atoms with Gasteiger partial charge in [-0.2, -0.15) is 0 Å². The summed E-state index contributed by atoms with van der Waals surface area (Å²) >= 11 is 0. The predicted molar refractivity (Wildman–Crippen MR) is 50.6 cm³/mol. The van der Waals surface area contributed by atoms with E-state index in [1.807, 2.05) is 6.92 Å². The molecule has 2 aromatic rings. The number of hydrogen-bond donors (Lipinski definition) is 2. The van der Waals surface area contributed by atoms with Gasteiger partial charge in [0.25, 0.3) is 0 Å². The van der Waals surface area contributed by atoms with Crippen LogP contribution in [0.25, 0.3) is 0 Å². The zero-order valence-corrected chi connectivity index (χ0v) is 7.90. The van der Waals surface area contributed by atoms with Gasteiger partial charge in [0.05, 0.1) is 36.4 Å². The van der Waals surface area contributed by atoms with E-state index in [2.05, 4.69) is 19.9 Å². The maximum Gasteiger partial charge on any atom is 0.140 e. The maximum atomic E-state index is 5.59. The van der Waals surface area contributed by atoms with E-state index in [0.717, 1.165) is 11.4 Å². The van der Waals surface area contributed by atoms with E-state index in [-0.39, 0.29) is 6.10 Å². The van der Waals surface area contributed by atoms with Crippen LogP contribution in [0.4, 0.5) is 0 Å². The Bertz CT molecular complexity index is 320. The summed E-state index contributed by atoms with van der Waals surface area (Å²) in [6, 6.07) is 0. The first-order chi connectivity index (χ1) is 6.92. The molecule has 14 heavy (non-hydrogen) atoms. The third-order valence-corrected chi connectivity index (χ3v) is 1.94. The molecule has 0 aromatic carbocycles. The molecule has 2 aromatic heterocycles. The summed E-state index contributed by atoms with van der Waals surface area (Å²) < 4.78 is 5.59. The van der Waals surface area contributed by atoms with Crippen LogP contribution in [0.5, 0.6) is 0 Å². The lowest BCUT2D eigenvalue weighted by atomic mass is 10.2. The number of rotatable bonds is 4. The molecule has 0 spiro atoms. The van der Waals surface area contributed by atoms with Crippen LogP contribution in [0.2, 0.25) is 0 Å². The van der Waals surface area contributed by atoms with Gasteiger partial charge < -0.3 is 14.7 Å². The molecule has 0 saturated carbocycles. The maximum absolute atomic E-state index is 5.59. The summed E-state index contributed by atoms with van der Waals surface area (Å²) in [6.45, 7) is 2.60. The van der Waals surface area contributed by atoms with E-state index in [0.29, 0.717) is 6.61 Å². The largest absolute Gasteiger partial charge is 0.366 e. The van der Waals surface area contributed by atoms with Gasteiger partial charge in [0.2, 0.25) is 0 Å². The van der Waals surface area contributed by atoms with Crippen LogP contribution in [0.3, 0.4) is 0 Å². The van der Waals surface area contributed by atoms with Crippen LogP contribution in [-0.2, 0) is 4.74 Å². The number of H-pyrrole nitrogens is 2. The molecule has 74 valence electrons. The number of ether oxygens (including phenoxy) is 1. The lowest BCUT2D eigenvalue weighted by molar-refractivity contribution is 0.0860. The Kier molecular flexibility index (Phi) is 2.60. The topological polar surface area (TPSA) is 66.6 Å². The second-order valence-electron chi connectivity index (χ2n) is 2.85. The second-order valence-corrected chi connectivity index (χ2v) is 2.85. The normalized spacial score (nSPS) is 11.0. The first kappa shape index (κ1) is 8.96. The third-order valence-electron chi connectivity index (χ3n) is 1.94. The molecule has 0 unspecified atom stereocenters. The van der Waals surface area contributed by atoms with Crippen molar-refractivity contribution < 1.29 is 4.74 Å². The molecule has 0 radical (unpaired) electrons. The van der Waals surface area contributed by atoms with Gasteiger partial charge in [-0.05, 0) is 6.92 Å². The predicted octanol–water partition coefficient (Wildman–Crippen LogP) is 1.26. The van der Waals surface area contributed by atoms with Crippen molar-refractivity contribution in [3.05, 3.63) is 36.4 Å². The van der Waals surface area contributed by atoms with Crippen LogP contribution < -0.4 is 0 Å². The van der Waals surface area contributed by atoms with Crippen molar-refractivity contribution in [2.45, 2.75) is 13.0 Å². The van der Waals surface area contributed by atoms with Crippen LogP contribution in [0, 0.1) is 0 Å². The number of nitrogens with zero attached hydrogens (tertiary/aromatic N) is 2. The Balaban J connectivity index is 2.25. The molecule has 2 N–H and O–H groups in total. The second kappa shape index (κ2) is 4.06. The summed E-state index contributed by atoms with van der Waals surface area (Å²) in [5.41, 5.74) is 1.85. The van der Waals surface area contributed by atoms with Gasteiger partial charge in [-0.25, -0.2) is 9.97 Å². The molecule has 0 saturated heterocycles. The van der Waals surface area contributed by atoms with Crippen molar-refractivity contribution in [3.63, 3.8) is 0 Å². The minimum atomic E-state index is -0.134. The number of aromatic amines is 2. The fourth-order valence-electron chi connectivity index (χ4n) is 1.33. The molecule has 0 fully saturated rings. The Morgan fingerprint density at radius 1 is 1.21 bits per heavy atom. The minimum absolute atomic E-state index is 0.134. The molecule has 0 aliphatic rings. The Morgan fingerprint density at radius 3 is 2.14 bits per heavy atom. The van der Waals surface area contributed by atoms with E-state index in [4.69, 9.17) is 4.74 Å². The standard InChI is InChI=1S/C9H12N4O/c1-2-14-9(7-3-10-5-12-7)8-4-11-6-13-8/h3-6,9H,2H2,1H3,(H,10,12)(H,11,13). The van der Waals surface area contributed by atoms with Gasteiger partial charge >= 0.3 is 0 Å². The van der Waals surface area contributed by atoms with Gasteiger partial charge in [0.1, 0.15) is 6.10 Å². The molecule has 0 amide bonds. The smallest absolute Gasteiger partial charge is 0.140 e. The zero-order valence-electron chi connectivity index (χ0n) is 7.90. The van der Waals surface area contributed by atoms with Gasteiger partial charge in [-0.15, -0.1) is 0 Å². The van der Waals surface area contributed by atoms with Crippen LogP contribution in [-0.4, -0.2) is 26.5 Å². The van der Waals surface area contributed by atoms with Gasteiger partial charge in [-0.1, -0.05) is 0 Å². The summed E-state index contributed by atoms with van der Waals surface area (Å²) in [5, 5.41) is 0. The number of imidazole rings is 2. The summed E-state index contributed by atoms with van der Waals surface area (Å²) in [7, 11) is 0. The third kappa shape index (κ3) is 1.67. The highest BCUT2D eigenvalue weighted by Crippen LogP contribution is 2.21. The molecule has 0 bridgehead atoms. The molecule has 5 heteroatoms. The lowest BCUT2D eigenvalue weighted by Crippen LogP contribution is -2.06. The highest BCUT2D eigenvalue weighted by Gasteiger charge is 2.16. The van der Waals surface area contributed by atoms with E-state index < -0.39 is 0 Å². The van der Waals surface area contributed by atoms with Gasteiger partial charge in [-0.3, -0.25) is 0 Å². The fraction of sp³-hybridized carbons (Fsp3) is 0.333. The monoisotopic (exact) mass is 192 g/mol. The Morgan fingerprint density at radius 2 is 1.79 bits per heavy atom. The van der Waals surface area contributed by atoms with Crippen molar-refractivity contribution in [2.75, 3.05) is 6.61 Å². The summed E-state index contributed by atoms with van der Waals surface area (Å²) in [6.07, 6.45) is 6.64. The van der Waals surface area contributed by atoms with Crippen molar-refractivity contribution in [2.24, 2.45) is 0 Å². The average Bonchev–Trinajstić information content (AvgIpc) is 2.87. The van der Waals surface area contributed by atoms with Crippen molar-refractivity contribution in [1.82, 2.24) is 19.9 Å². The zero-order chi connectivity index (χ0) is 9.80. The first-order valence-corrected chi connectivity index (χ1v) is 4.50. The molecule has 2 rings (SSSR count). The quantitative estimate of drug-likeness (QED) is 0.766. The van der Waals surface area contributed by atoms with Gasteiger partial charge in [0.15, 0.2) is 0 Å². The van der Waals surface area contributed by atoms with E-state index in [1.54, 1.807) is 25.0 Å². The highest BCUT2D eigenvalue weighted by atomic mass is 16.5. The first-order valence-electron chi connectivity index (χ1n) is 4.50. The van der Waals surface area contributed by atoms with E-state index in [1.165, 1.54) is 0 Å². The molecule has 0 atom stereocenters. The van der Waals surface area contributed by atoms with Crippen LogP contribution in [0.15, 0.2) is 25.0 Å². The van der Waals surface area contributed by atoms with E-state index >= 15 is 0 Å². The highest BCUT2D eigenvalue weighted by molar-refractivity contribution is 5.14. The Hall–Kier alpha value is -1.62. The Labute approximate surface area is 81.6 Å². The van der Waals surface area contributed by atoms with Crippen molar-refractivity contribution in [3.8, 4) is 0 Å². The average molecular weight is 192 g/mol. The molecule has 0 aliphatic carbocycles. The summed E-state index contributed by atoms with van der Waals surface area (Å²) in [5.74, 6) is 0. The molecular weight excluding hydrogens is 180 g/mol. The van der Waals surface area contributed by atoms with E-state index in [9.17, 15) is 0 Å². The van der Waals surface area contributed by atoms with Crippen molar-refractivity contribution in [1.29, 1.82) is 0 Å². The molecule has 5 nitrogen and oxygen atoms in total. The van der Waals surface area contributed by atoms with Crippen LogP contribution in [0.1, 0.15) is 24.4 Å². The molecule has 2 heterocycles. The molecular formula is C9H12N4O.